The highest BCUT2D eigenvalue weighted by Crippen LogP contribution is 2.27. The van der Waals surface area contributed by atoms with E-state index < -0.39 is 5.91 Å². The van der Waals surface area contributed by atoms with Crippen molar-refractivity contribution in [2.75, 3.05) is 20.8 Å². The predicted octanol–water partition coefficient (Wildman–Crippen LogP) is 3.84. The summed E-state index contributed by atoms with van der Waals surface area (Å²) in [6.45, 7) is 0.918. The highest BCUT2D eigenvalue weighted by atomic mass is 16.5. The van der Waals surface area contributed by atoms with Crippen LogP contribution in [0.1, 0.15) is 17.5 Å². The lowest BCUT2D eigenvalue weighted by Crippen LogP contribution is -2.26. The summed E-state index contributed by atoms with van der Waals surface area (Å²) < 4.78 is 12.5. The van der Waals surface area contributed by atoms with Crippen molar-refractivity contribution in [3.05, 3.63) is 65.4 Å². The van der Waals surface area contributed by atoms with Crippen molar-refractivity contribution >= 4 is 22.9 Å². The topological polar surface area (TPSA) is 100 Å². The quantitative estimate of drug-likeness (QED) is 0.412. The Morgan fingerprint density at radius 2 is 1.91 bits per heavy atom. The van der Waals surface area contributed by atoms with Crippen molar-refractivity contribution in [1.82, 2.24) is 9.88 Å². The lowest BCUT2D eigenvalue weighted by atomic mass is 10.1. The molecule has 7 heteroatoms. The first kappa shape index (κ1) is 22.5. The Morgan fingerprint density at radius 3 is 2.62 bits per heavy atom. The van der Waals surface area contributed by atoms with Gasteiger partial charge in [0, 0.05) is 35.8 Å². The van der Waals surface area contributed by atoms with Crippen LogP contribution in [0.25, 0.3) is 17.0 Å². The van der Waals surface area contributed by atoms with E-state index in [1.54, 1.807) is 20.3 Å². The third-order valence-electron chi connectivity index (χ3n) is 5.10. The van der Waals surface area contributed by atoms with E-state index in [-0.39, 0.29) is 5.57 Å². The van der Waals surface area contributed by atoms with Crippen LogP contribution in [0, 0.1) is 22.7 Å². The number of nitrogens with zero attached hydrogens (tertiary/aromatic N) is 3. The van der Waals surface area contributed by atoms with E-state index >= 15 is 0 Å². The molecule has 0 bridgehead atoms. The fourth-order valence-corrected chi connectivity index (χ4v) is 3.50. The van der Waals surface area contributed by atoms with Crippen LogP contribution in [0.2, 0.25) is 0 Å². The SMILES string of the molecule is COc1ccc(CCNC(=O)/C(C#N)=C/c2cn(CCC#N)c3ccccc23)cc1OC. The maximum absolute atomic E-state index is 12.6. The zero-order chi connectivity index (χ0) is 22.9. The smallest absolute Gasteiger partial charge is 0.261 e. The molecule has 3 rings (SSSR count). The van der Waals surface area contributed by atoms with Crippen molar-refractivity contribution in [2.24, 2.45) is 0 Å². The summed E-state index contributed by atoms with van der Waals surface area (Å²) in [6.07, 6.45) is 4.43. The average Bonchev–Trinajstić information content (AvgIpc) is 3.18. The molecule has 1 N–H and O–H groups in total. The van der Waals surface area contributed by atoms with Gasteiger partial charge in [-0.05, 0) is 36.3 Å². The zero-order valence-electron chi connectivity index (χ0n) is 18.1. The minimum atomic E-state index is -0.429. The first-order valence-corrected chi connectivity index (χ1v) is 10.2. The van der Waals surface area contributed by atoms with Gasteiger partial charge < -0.3 is 19.4 Å². The van der Waals surface area contributed by atoms with Crippen molar-refractivity contribution in [3.8, 4) is 23.6 Å². The number of para-hydroxylation sites is 1. The lowest BCUT2D eigenvalue weighted by molar-refractivity contribution is -0.117. The number of carbonyl (C=O) groups excluding carboxylic acids is 1. The van der Waals surface area contributed by atoms with Crippen molar-refractivity contribution in [3.63, 3.8) is 0 Å². The van der Waals surface area contributed by atoms with Gasteiger partial charge in [-0.1, -0.05) is 24.3 Å². The van der Waals surface area contributed by atoms with E-state index in [9.17, 15) is 10.1 Å². The van der Waals surface area contributed by atoms with Crippen LogP contribution in [0.3, 0.4) is 0 Å². The van der Waals surface area contributed by atoms with E-state index in [0.29, 0.717) is 37.4 Å². The van der Waals surface area contributed by atoms with E-state index in [1.165, 1.54) is 0 Å². The van der Waals surface area contributed by atoms with Crippen LogP contribution in [-0.2, 0) is 17.8 Å². The Labute approximate surface area is 187 Å². The molecule has 162 valence electrons. The summed E-state index contributed by atoms with van der Waals surface area (Å²) in [6, 6.07) is 17.5. The minimum absolute atomic E-state index is 0.0282. The summed E-state index contributed by atoms with van der Waals surface area (Å²) in [7, 11) is 3.15. The minimum Gasteiger partial charge on any atom is -0.493 e. The van der Waals surface area contributed by atoms with Crippen LogP contribution in [-0.4, -0.2) is 31.2 Å². The standard InChI is InChI=1S/C25H24N4O3/c1-31-23-9-8-18(14-24(23)32-2)10-12-28-25(30)19(16-27)15-20-17-29(13-5-11-26)22-7-4-3-6-21(20)22/h3-4,6-9,14-15,17H,5,10,12-13H2,1-2H3,(H,28,30)/b19-15+. The highest BCUT2D eigenvalue weighted by Gasteiger charge is 2.12. The Balaban J connectivity index is 1.73. The molecule has 0 atom stereocenters. The molecule has 0 spiro atoms. The molecule has 3 aromatic rings. The molecule has 0 aliphatic heterocycles. The van der Waals surface area contributed by atoms with Gasteiger partial charge in [-0.3, -0.25) is 4.79 Å². The fraction of sp³-hybridized carbons (Fsp3) is 0.240. The number of carbonyl (C=O) groups is 1. The number of benzene rings is 2. The molecule has 1 heterocycles. The summed E-state index contributed by atoms with van der Waals surface area (Å²) in [4.78, 5) is 12.6. The van der Waals surface area contributed by atoms with Crippen molar-refractivity contribution < 1.29 is 14.3 Å². The molecule has 0 aliphatic rings. The maximum atomic E-state index is 12.6. The molecule has 7 nitrogen and oxygen atoms in total. The molecule has 0 saturated heterocycles. The third-order valence-corrected chi connectivity index (χ3v) is 5.10. The normalized spacial score (nSPS) is 10.9. The molecule has 0 fully saturated rings. The molecule has 32 heavy (non-hydrogen) atoms. The van der Waals surface area contributed by atoms with Crippen LogP contribution >= 0.6 is 0 Å². The number of hydrogen-bond acceptors (Lipinski definition) is 5. The molecule has 1 aromatic heterocycles. The maximum Gasteiger partial charge on any atom is 0.261 e. The van der Waals surface area contributed by atoms with Crippen LogP contribution < -0.4 is 14.8 Å². The van der Waals surface area contributed by atoms with Gasteiger partial charge in [0.05, 0.1) is 26.7 Å². The second-order valence-electron chi connectivity index (χ2n) is 7.07. The summed E-state index contributed by atoms with van der Waals surface area (Å²) in [5, 5.41) is 22.2. The number of rotatable bonds is 9. The Hall–Kier alpha value is -4.23. The number of ether oxygens (including phenoxy) is 2. The van der Waals surface area contributed by atoms with Gasteiger partial charge in [0.2, 0.25) is 0 Å². The molecule has 0 unspecified atom stereocenters. The van der Waals surface area contributed by atoms with Gasteiger partial charge in [-0.15, -0.1) is 0 Å². The van der Waals surface area contributed by atoms with E-state index in [0.717, 1.165) is 22.0 Å². The lowest BCUT2D eigenvalue weighted by Gasteiger charge is -2.10. The molecule has 1 amide bonds. The first-order chi connectivity index (χ1) is 15.6. The predicted molar refractivity (Wildman–Crippen MR) is 122 cm³/mol. The molecule has 0 saturated carbocycles. The van der Waals surface area contributed by atoms with Gasteiger partial charge in [0.1, 0.15) is 11.6 Å². The van der Waals surface area contributed by atoms with Crippen molar-refractivity contribution in [1.29, 1.82) is 10.5 Å². The Morgan fingerprint density at radius 1 is 1.12 bits per heavy atom. The highest BCUT2D eigenvalue weighted by molar-refractivity contribution is 6.04. The van der Waals surface area contributed by atoms with Crippen molar-refractivity contribution in [2.45, 2.75) is 19.4 Å². The van der Waals surface area contributed by atoms with Crippen LogP contribution in [0.15, 0.2) is 54.2 Å². The molecular formula is C25H24N4O3. The number of fused-ring (bicyclic) bond motifs is 1. The average molecular weight is 428 g/mol. The van der Waals surface area contributed by atoms with E-state index in [4.69, 9.17) is 14.7 Å². The van der Waals surface area contributed by atoms with Gasteiger partial charge >= 0.3 is 0 Å². The van der Waals surface area contributed by atoms with E-state index in [1.807, 2.05) is 59.3 Å². The first-order valence-electron chi connectivity index (χ1n) is 10.2. The molecule has 2 aromatic carbocycles. The number of nitrogens with one attached hydrogen (secondary N) is 1. The van der Waals surface area contributed by atoms with Crippen LogP contribution in [0.4, 0.5) is 0 Å². The molecule has 0 aliphatic carbocycles. The summed E-state index contributed by atoms with van der Waals surface area (Å²) in [5.41, 5.74) is 2.73. The molecule has 0 radical (unpaired) electrons. The summed E-state index contributed by atoms with van der Waals surface area (Å²) in [5.74, 6) is 0.840. The number of nitriles is 2. The second-order valence-corrected chi connectivity index (χ2v) is 7.07. The number of amides is 1. The fourth-order valence-electron chi connectivity index (χ4n) is 3.50. The number of hydrogen-bond donors (Lipinski definition) is 1. The van der Waals surface area contributed by atoms with Gasteiger partial charge in [-0.25, -0.2) is 0 Å². The summed E-state index contributed by atoms with van der Waals surface area (Å²) >= 11 is 0. The number of methoxy groups -OCH3 is 2. The third kappa shape index (κ3) is 5.08. The monoisotopic (exact) mass is 428 g/mol. The van der Waals surface area contributed by atoms with Gasteiger partial charge in [0.25, 0.3) is 5.91 Å². The number of aromatic nitrogens is 1. The Bertz CT molecular complexity index is 1230. The number of aryl methyl sites for hydroxylation is 1. The van der Waals surface area contributed by atoms with Gasteiger partial charge in [-0.2, -0.15) is 10.5 Å². The second kappa shape index (κ2) is 10.7. The molecular weight excluding hydrogens is 404 g/mol. The van der Waals surface area contributed by atoms with Crippen LogP contribution in [0.5, 0.6) is 11.5 Å². The zero-order valence-corrected chi connectivity index (χ0v) is 18.1. The Kier molecular flexibility index (Phi) is 7.51. The largest absolute Gasteiger partial charge is 0.493 e. The van der Waals surface area contributed by atoms with Gasteiger partial charge in [0.15, 0.2) is 11.5 Å². The van der Waals surface area contributed by atoms with E-state index in [2.05, 4.69) is 11.4 Å².